The monoisotopic (exact) mass is 354 g/mol. The molecule has 5 atom stereocenters. The Kier molecular flexibility index (Phi) is 4.89. The van der Waals surface area contributed by atoms with Crippen molar-refractivity contribution in [1.29, 1.82) is 0 Å². The summed E-state index contributed by atoms with van der Waals surface area (Å²) in [5.41, 5.74) is -1.61. The summed E-state index contributed by atoms with van der Waals surface area (Å²) in [6.07, 6.45) is 0.400. The minimum absolute atomic E-state index is 0.0411. The van der Waals surface area contributed by atoms with Crippen molar-refractivity contribution >= 4 is 20.1 Å². The number of ketones is 1. The number of esters is 1. The molecule has 0 aromatic heterocycles. The average molecular weight is 355 g/mol. The van der Waals surface area contributed by atoms with Gasteiger partial charge >= 0.3 is 5.97 Å². The van der Waals surface area contributed by atoms with Crippen molar-refractivity contribution in [3.63, 3.8) is 0 Å². The number of hydrogen-bond acceptors (Lipinski definition) is 5. The Morgan fingerprint density at radius 2 is 2.04 bits per heavy atom. The summed E-state index contributed by atoms with van der Waals surface area (Å²) in [6, 6.07) is 0. The molecular weight excluding hydrogens is 324 g/mol. The van der Waals surface area contributed by atoms with Crippen molar-refractivity contribution in [3.8, 4) is 0 Å². The molecule has 2 fully saturated rings. The van der Waals surface area contributed by atoms with Crippen LogP contribution in [0.2, 0.25) is 19.6 Å². The van der Waals surface area contributed by atoms with Gasteiger partial charge in [-0.2, -0.15) is 0 Å². The van der Waals surface area contributed by atoms with Crippen LogP contribution in [0.1, 0.15) is 40.0 Å². The zero-order valence-corrected chi connectivity index (χ0v) is 16.6. The van der Waals surface area contributed by atoms with Crippen LogP contribution in [0.15, 0.2) is 12.2 Å². The second-order valence-corrected chi connectivity index (χ2v) is 13.0. The van der Waals surface area contributed by atoms with Crippen molar-refractivity contribution in [3.05, 3.63) is 12.2 Å². The Balaban J connectivity index is 2.43. The van der Waals surface area contributed by atoms with E-state index >= 15 is 0 Å². The number of Topliss-reactive ketones (excluding diaryl/α,β-unsaturated/α-hetero) is 1. The molecule has 1 saturated heterocycles. The molecule has 1 unspecified atom stereocenters. The van der Waals surface area contributed by atoms with Crippen molar-refractivity contribution in [2.75, 3.05) is 0 Å². The molecule has 136 valence electrons. The first-order valence-electron chi connectivity index (χ1n) is 8.64. The van der Waals surface area contributed by atoms with Crippen molar-refractivity contribution in [1.82, 2.24) is 0 Å². The van der Waals surface area contributed by atoms with Gasteiger partial charge in [-0.15, -0.1) is 0 Å². The summed E-state index contributed by atoms with van der Waals surface area (Å²) in [5.74, 6) is -1.03. The Bertz CT molecular complexity index is 566. The lowest BCUT2D eigenvalue weighted by atomic mass is 9.74. The van der Waals surface area contributed by atoms with E-state index in [0.717, 1.165) is 0 Å². The molecule has 5 nitrogen and oxygen atoms in total. The SMILES string of the molecule is C=C(C)C(O)CC[C@@]1(C)OC(=O)[C@H]2[C@@H](C)CC(=O)[C@]21O[Si](C)(C)C. The highest BCUT2D eigenvalue weighted by Gasteiger charge is 2.74. The van der Waals surface area contributed by atoms with E-state index < -0.39 is 31.5 Å². The number of carbonyl (C=O) groups excluding carboxylic acids is 2. The highest BCUT2D eigenvalue weighted by atomic mass is 28.4. The van der Waals surface area contributed by atoms with Gasteiger partial charge in [-0.1, -0.05) is 19.1 Å². The average Bonchev–Trinajstić information content (AvgIpc) is 2.77. The van der Waals surface area contributed by atoms with Crippen LogP contribution in [0.4, 0.5) is 0 Å². The van der Waals surface area contributed by atoms with Gasteiger partial charge in [0.25, 0.3) is 0 Å². The number of carbonyl (C=O) groups is 2. The summed E-state index contributed by atoms with van der Waals surface area (Å²) < 4.78 is 12.1. The maximum Gasteiger partial charge on any atom is 0.313 e. The number of aliphatic hydroxyl groups is 1. The Morgan fingerprint density at radius 3 is 2.54 bits per heavy atom. The maximum absolute atomic E-state index is 13.0. The van der Waals surface area contributed by atoms with Crippen molar-refractivity contribution in [2.45, 2.75) is 77.0 Å². The van der Waals surface area contributed by atoms with E-state index in [0.29, 0.717) is 24.8 Å². The first-order valence-corrected chi connectivity index (χ1v) is 12.0. The Morgan fingerprint density at radius 1 is 1.46 bits per heavy atom. The number of rotatable bonds is 6. The molecule has 24 heavy (non-hydrogen) atoms. The van der Waals surface area contributed by atoms with Gasteiger partial charge in [-0.25, -0.2) is 0 Å². The van der Waals surface area contributed by atoms with E-state index in [1.807, 2.05) is 26.6 Å². The lowest BCUT2D eigenvalue weighted by Gasteiger charge is -2.43. The lowest BCUT2D eigenvalue weighted by Crippen LogP contribution is -2.61. The van der Waals surface area contributed by atoms with E-state index in [1.165, 1.54) is 0 Å². The highest BCUT2D eigenvalue weighted by Crippen LogP contribution is 2.56. The molecule has 1 heterocycles. The summed E-state index contributed by atoms with van der Waals surface area (Å²) in [5, 5.41) is 10.1. The molecule has 1 N–H and O–H groups in total. The molecule has 2 aliphatic rings. The third-order valence-corrected chi connectivity index (χ3v) is 6.16. The number of cyclic esters (lactones) is 1. The first kappa shape index (κ1) is 19.3. The Hall–Kier alpha value is -0.983. The smallest absolute Gasteiger partial charge is 0.313 e. The summed E-state index contributed by atoms with van der Waals surface area (Å²) >= 11 is 0. The normalized spacial score (nSPS) is 37.3. The van der Waals surface area contributed by atoms with Crippen LogP contribution in [0.3, 0.4) is 0 Å². The number of aliphatic hydroxyl groups excluding tert-OH is 1. The quantitative estimate of drug-likeness (QED) is 0.451. The van der Waals surface area contributed by atoms with Crippen LogP contribution in [0.5, 0.6) is 0 Å². The summed E-state index contributed by atoms with van der Waals surface area (Å²) in [4.78, 5) is 25.6. The number of fused-ring (bicyclic) bond motifs is 1. The fourth-order valence-corrected chi connectivity index (χ4v) is 5.55. The molecule has 0 aromatic carbocycles. The Labute approximate surface area is 145 Å². The predicted octanol–water partition coefficient (Wildman–Crippen LogP) is 2.83. The summed E-state index contributed by atoms with van der Waals surface area (Å²) in [6.45, 7) is 15.3. The molecule has 0 aromatic rings. The van der Waals surface area contributed by atoms with Crippen LogP contribution in [-0.2, 0) is 18.8 Å². The molecule has 2 rings (SSSR count). The largest absolute Gasteiger partial charge is 0.455 e. The van der Waals surface area contributed by atoms with Gasteiger partial charge in [0, 0.05) is 6.42 Å². The van der Waals surface area contributed by atoms with E-state index in [4.69, 9.17) is 9.16 Å². The molecule has 0 amide bonds. The zero-order valence-electron chi connectivity index (χ0n) is 15.6. The second-order valence-electron chi connectivity index (χ2n) is 8.59. The van der Waals surface area contributed by atoms with E-state index in [9.17, 15) is 14.7 Å². The minimum atomic E-state index is -2.12. The molecule has 1 aliphatic carbocycles. The third kappa shape index (κ3) is 3.00. The van der Waals surface area contributed by atoms with Crippen LogP contribution in [-0.4, -0.2) is 42.5 Å². The van der Waals surface area contributed by atoms with Crippen LogP contribution in [0.25, 0.3) is 0 Å². The van der Waals surface area contributed by atoms with Crippen molar-refractivity contribution in [2.24, 2.45) is 11.8 Å². The fraction of sp³-hybridized carbons (Fsp3) is 0.778. The van der Waals surface area contributed by atoms with E-state index in [-0.39, 0.29) is 17.7 Å². The first-order chi connectivity index (χ1) is 10.8. The van der Waals surface area contributed by atoms with Gasteiger partial charge in [-0.3, -0.25) is 9.59 Å². The zero-order chi connectivity index (χ0) is 18.5. The highest BCUT2D eigenvalue weighted by molar-refractivity contribution is 6.70. The van der Waals surface area contributed by atoms with E-state index in [1.54, 1.807) is 13.8 Å². The molecular formula is C18H30O5Si. The van der Waals surface area contributed by atoms with Crippen LogP contribution < -0.4 is 0 Å². The van der Waals surface area contributed by atoms with Crippen molar-refractivity contribution < 1.29 is 23.9 Å². The topological polar surface area (TPSA) is 72.8 Å². The lowest BCUT2D eigenvalue weighted by molar-refractivity contribution is -0.161. The van der Waals surface area contributed by atoms with Crippen LogP contribution in [0, 0.1) is 11.8 Å². The second kappa shape index (κ2) is 6.07. The van der Waals surface area contributed by atoms with Gasteiger partial charge in [0.1, 0.15) is 5.60 Å². The standard InChI is InChI=1S/C18H30O5Si/c1-11(2)13(19)8-9-17(4)18(23-24(5,6)7)14(20)10-12(3)15(18)16(21)22-17/h12-13,15,19H,1,8-10H2,2-7H3/t12-,13?,15+,17+,18-/m0/s1. The van der Waals surface area contributed by atoms with Gasteiger partial charge < -0.3 is 14.3 Å². The van der Waals surface area contributed by atoms with E-state index in [2.05, 4.69) is 6.58 Å². The molecule has 1 aliphatic heterocycles. The summed E-state index contributed by atoms with van der Waals surface area (Å²) in [7, 11) is -2.12. The number of hydrogen-bond donors (Lipinski definition) is 1. The maximum atomic E-state index is 13.0. The molecule has 0 bridgehead atoms. The number of ether oxygens (including phenoxy) is 1. The molecule has 1 saturated carbocycles. The molecule has 6 heteroatoms. The van der Waals surface area contributed by atoms with Gasteiger partial charge in [0.05, 0.1) is 12.0 Å². The minimum Gasteiger partial charge on any atom is -0.455 e. The van der Waals surface area contributed by atoms with Crippen LogP contribution >= 0.6 is 0 Å². The van der Waals surface area contributed by atoms with Gasteiger partial charge in [-0.05, 0) is 52.2 Å². The fourth-order valence-electron chi connectivity index (χ4n) is 4.13. The molecule has 0 spiro atoms. The van der Waals surface area contributed by atoms with Gasteiger partial charge in [0.2, 0.25) is 0 Å². The molecule has 0 radical (unpaired) electrons. The predicted molar refractivity (Wildman–Crippen MR) is 94.0 cm³/mol. The van der Waals surface area contributed by atoms with Gasteiger partial charge in [0.15, 0.2) is 19.7 Å². The third-order valence-electron chi connectivity index (χ3n) is 5.22.